The lowest BCUT2D eigenvalue weighted by atomic mass is 9.97. The third-order valence-electron chi connectivity index (χ3n) is 5.67. The number of nitrogens with one attached hydrogen (secondary N) is 3. The number of amides is 3. The molecule has 0 aromatic heterocycles. The molecule has 0 unspecified atom stereocenters. The maximum Gasteiger partial charge on any atom is 0.452 e. The normalized spacial score (nSPS) is 13.6. The molecule has 0 fully saturated rings. The Balaban J connectivity index is 2.26. The highest BCUT2D eigenvalue weighted by Crippen LogP contribution is 2.23. The summed E-state index contributed by atoms with van der Waals surface area (Å²) in [6.45, 7) is 6.27. The molecule has 0 radical (unpaired) electrons. The second kappa shape index (κ2) is 13.6. The third kappa shape index (κ3) is 8.72. The zero-order valence-corrected chi connectivity index (χ0v) is 22.2. The summed E-state index contributed by atoms with van der Waals surface area (Å²) in [7, 11) is 1.42. The van der Waals surface area contributed by atoms with E-state index in [2.05, 4.69) is 16.0 Å². The minimum Gasteiger partial charge on any atom is -0.497 e. The zero-order valence-electron chi connectivity index (χ0n) is 22.2. The van der Waals surface area contributed by atoms with Crippen molar-refractivity contribution in [3.8, 4) is 11.5 Å². The molecule has 9 nitrogen and oxygen atoms in total. The number of hydrogen-bond acceptors (Lipinski definition) is 6. The number of alkyl halides is 3. The molecule has 2 aromatic rings. The van der Waals surface area contributed by atoms with Gasteiger partial charge in [0.2, 0.25) is 11.8 Å². The van der Waals surface area contributed by atoms with E-state index in [4.69, 9.17) is 9.47 Å². The van der Waals surface area contributed by atoms with Crippen LogP contribution >= 0.6 is 0 Å². The van der Waals surface area contributed by atoms with Gasteiger partial charge in [-0.15, -0.1) is 0 Å². The predicted octanol–water partition coefficient (Wildman–Crippen LogP) is 3.34. The zero-order chi connectivity index (χ0) is 29.3. The summed E-state index contributed by atoms with van der Waals surface area (Å²) < 4.78 is 49.9. The summed E-state index contributed by atoms with van der Waals surface area (Å²) in [4.78, 5) is 50.8. The highest BCUT2D eigenvalue weighted by Gasteiger charge is 2.45. The standard InChI is InChI=1S/C27H32F3N3O6/c1-6-39-20-9-7-8-18(14-20)25(36)31-16(4)24(35)33-22(17-10-12-19(38-5)13-11-17)26(37)32-21(15(2)3)23(34)27(28,29)30/h7-16,21-22H,6H2,1-5H3,(H,31,36)(H,32,37)(H,33,35)/t16-,21-,22-/m0/s1. The number of carbonyl (C=O) groups is 4. The van der Waals surface area contributed by atoms with Gasteiger partial charge < -0.3 is 25.4 Å². The Hall–Kier alpha value is -4.09. The van der Waals surface area contributed by atoms with Gasteiger partial charge in [-0.05, 0) is 55.7 Å². The number of Topliss-reactive ketones (excluding diaryl/α,β-unsaturated/α-hetero) is 1. The van der Waals surface area contributed by atoms with Crippen molar-refractivity contribution in [3.63, 3.8) is 0 Å². The van der Waals surface area contributed by atoms with Crippen LogP contribution < -0.4 is 25.4 Å². The van der Waals surface area contributed by atoms with Crippen molar-refractivity contribution in [2.24, 2.45) is 5.92 Å². The first kappa shape index (κ1) is 31.1. The monoisotopic (exact) mass is 551 g/mol. The Kier molecular flexibility index (Phi) is 10.9. The van der Waals surface area contributed by atoms with Gasteiger partial charge in [0.1, 0.15) is 23.6 Å². The first-order chi connectivity index (χ1) is 18.3. The largest absolute Gasteiger partial charge is 0.497 e. The number of benzene rings is 2. The quantitative estimate of drug-likeness (QED) is 0.372. The summed E-state index contributed by atoms with van der Waals surface area (Å²) in [5, 5.41) is 7.10. The van der Waals surface area contributed by atoms with Crippen LogP contribution in [0.1, 0.15) is 49.7 Å². The first-order valence-corrected chi connectivity index (χ1v) is 12.2. The fourth-order valence-electron chi connectivity index (χ4n) is 3.55. The SMILES string of the molecule is CCOc1cccc(C(=O)N[C@@H](C)C(=O)N[C@H](C(=O)N[C@H](C(=O)C(F)(F)F)C(C)C)c2ccc(OC)cc2)c1. The van der Waals surface area contributed by atoms with Crippen molar-refractivity contribution in [2.75, 3.05) is 13.7 Å². The Morgan fingerprint density at radius 1 is 0.872 bits per heavy atom. The molecule has 39 heavy (non-hydrogen) atoms. The molecule has 3 amide bonds. The van der Waals surface area contributed by atoms with E-state index in [1.54, 1.807) is 19.1 Å². The molecule has 0 saturated carbocycles. The fraction of sp³-hybridized carbons (Fsp3) is 0.407. The number of halogens is 3. The maximum absolute atomic E-state index is 13.2. The van der Waals surface area contributed by atoms with Gasteiger partial charge in [-0.2, -0.15) is 13.2 Å². The van der Waals surface area contributed by atoms with Gasteiger partial charge >= 0.3 is 6.18 Å². The van der Waals surface area contributed by atoms with Crippen molar-refractivity contribution in [1.29, 1.82) is 0 Å². The van der Waals surface area contributed by atoms with Crippen LogP contribution in [0.5, 0.6) is 11.5 Å². The highest BCUT2D eigenvalue weighted by atomic mass is 19.4. The summed E-state index contributed by atoms with van der Waals surface area (Å²) in [6, 6.07) is 7.71. The van der Waals surface area contributed by atoms with Gasteiger partial charge in [0, 0.05) is 5.56 Å². The number of hydrogen-bond donors (Lipinski definition) is 3. The smallest absolute Gasteiger partial charge is 0.452 e. The van der Waals surface area contributed by atoms with E-state index in [1.165, 1.54) is 64.3 Å². The van der Waals surface area contributed by atoms with Crippen LogP contribution in [0.25, 0.3) is 0 Å². The molecule has 0 saturated heterocycles. The summed E-state index contributed by atoms with van der Waals surface area (Å²) in [6.07, 6.45) is -5.17. The van der Waals surface area contributed by atoms with Crippen molar-refractivity contribution >= 4 is 23.5 Å². The number of rotatable bonds is 12. The molecule has 0 spiro atoms. The minimum absolute atomic E-state index is 0.214. The molecule has 2 aromatic carbocycles. The lowest BCUT2D eigenvalue weighted by Crippen LogP contribution is -2.54. The molecule has 12 heteroatoms. The molecule has 0 aliphatic rings. The molecule has 2 rings (SSSR count). The molecule has 3 N–H and O–H groups in total. The Bertz CT molecular complexity index is 1170. The Morgan fingerprint density at radius 2 is 1.51 bits per heavy atom. The third-order valence-corrected chi connectivity index (χ3v) is 5.67. The second-order valence-corrected chi connectivity index (χ2v) is 8.96. The second-order valence-electron chi connectivity index (χ2n) is 8.96. The van der Waals surface area contributed by atoms with Gasteiger partial charge in [-0.3, -0.25) is 19.2 Å². The van der Waals surface area contributed by atoms with E-state index in [0.717, 1.165) is 0 Å². The average molecular weight is 552 g/mol. The van der Waals surface area contributed by atoms with Crippen LogP contribution in [0.15, 0.2) is 48.5 Å². The van der Waals surface area contributed by atoms with Crippen LogP contribution in [0.2, 0.25) is 0 Å². The molecule has 3 atom stereocenters. The Morgan fingerprint density at radius 3 is 2.05 bits per heavy atom. The molecule has 212 valence electrons. The van der Waals surface area contributed by atoms with Crippen LogP contribution in [0.4, 0.5) is 13.2 Å². The van der Waals surface area contributed by atoms with Crippen LogP contribution in [-0.2, 0) is 14.4 Å². The van der Waals surface area contributed by atoms with Gasteiger partial charge in [-0.25, -0.2) is 0 Å². The number of ether oxygens (including phenoxy) is 2. The summed E-state index contributed by atoms with van der Waals surface area (Å²) >= 11 is 0. The first-order valence-electron chi connectivity index (χ1n) is 12.2. The lowest BCUT2D eigenvalue weighted by Gasteiger charge is -2.26. The van der Waals surface area contributed by atoms with Crippen LogP contribution in [0.3, 0.4) is 0 Å². The van der Waals surface area contributed by atoms with Crippen molar-refractivity contribution < 1.29 is 41.8 Å². The number of ketones is 1. The fourth-order valence-corrected chi connectivity index (χ4v) is 3.55. The van der Waals surface area contributed by atoms with E-state index in [1.807, 2.05) is 0 Å². The van der Waals surface area contributed by atoms with E-state index >= 15 is 0 Å². The van der Waals surface area contributed by atoms with Crippen molar-refractivity contribution in [2.45, 2.75) is 52.0 Å². The Labute approximate surface area is 224 Å². The molecule has 0 aliphatic heterocycles. The maximum atomic E-state index is 13.2. The summed E-state index contributed by atoms with van der Waals surface area (Å²) in [5.74, 6) is -4.50. The molecule has 0 bridgehead atoms. The average Bonchev–Trinajstić information content (AvgIpc) is 2.89. The highest BCUT2D eigenvalue weighted by molar-refractivity contribution is 5.99. The van der Waals surface area contributed by atoms with E-state index in [0.29, 0.717) is 18.1 Å². The number of methoxy groups -OCH3 is 1. The van der Waals surface area contributed by atoms with Crippen LogP contribution in [-0.4, -0.2) is 55.5 Å². The van der Waals surface area contributed by atoms with E-state index in [9.17, 15) is 32.3 Å². The molecular weight excluding hydrogens is 519 g/mol. The minimum atomic E-state index is -5.17. The molecular formula is C27H32F3N3O6. The van der Waals surface area contributed by atoms with Gasteiger partial charge in [-0.1, -0.05) is 32.0 Å². The molecule has 0 aliphatic carbocycles. The van der Waals surface area contributed by atoms with Gasteiger partial charge in [0.05, 0.1) is 19.8 Å². The van der Waals surface area contributed by atoms with E-state index in [-0.39, 0.29) is 11.1 Å². The number of carbonyl (C=O) groups excluding carboxylic acids is 4. The van der Waals surface area contributed by atoms with Crippen molar-refractivity contribution in [3.05, 3.63) is 59.7 Å². The van der Waals surface area contributed by atoms with Crippen molar-refractivity contribution in [1.82, 2.24) is 16.0 Å². The van der Waals surface area contributed by atoms with Gasteiger partial charge in [0.25, 0.3) is 11.7 Å². The predicted molar refractivity (Wildman–Crippen MR) is 136 cm³/mol. The topological polar surface area (TPSA) is 123 Å². The summed E-state index contributed by atoms with van der Waals surface area (Å²) in [5.41, 5.74) is 0.446. The van der Waals surface area contributed by atoms with Crippen LogP contribution in [0, 0.1) is 5.92 Å². The van der Waals surface area contributed by atoms with Gasteiger partial charge in [0.15, 0.2) is 0 Å². The van der Waals surface area contributed by atoms with E-state index < -0.39 is 53.7 Å². The lowest BCUT2D eigenvalue weighted by molar-refractivity contribution is -0.175. The molecule has 0 heterocycles.